The molecule has 0 aromatic carbocycles. The highest BCUT2D eigenvalue weighted by Crippen LogP contribution is 2.29. The van der Waals surface area contributed by atoms with E-state index in [1.807, 2.05) is 0 Å². The average molecular weight is 175 g/mol. The van der Waals surface area contributed by atoms with Crippen molar-refractivity contribution < 1.29 is 9.53 Å². The summed E-state index contributed by atoms with van der Waals surface area (Å²) in [5, 5.41) is 0.0810. The Kier molecular flexibility index (Phi) is 2.78. The van der Waals surface area contributed by atoms with E-state index in [0.717, 1.165) is 6.42 Å². The molecule has 1 fully saturated rings. The molecule has 11 heavy (non-hydrogen) atoms. The second kappa shape index (κ2) is 3.45. The molecule has 1 saturated carbocycles. The van der Waals surface area contributed by atoms with E-state index >= 15 is 0 Å². The summed E-state index contributed by atoms with van der Waals surface area (Å²) >= 11 is 4.26. The average Bonchev–Trinajstić information content (AvgIpc) is 2.28. The monoisotopic (exact) mass is 175 g/mol. The molecular formula is C7H13NO2S. The van der Waals surface area contributed by atoms with Gasteiger partial charge in [0, 0.05) is 11.3 Å². The SMILES string of the molecule is COC(=O)C1CC(N)CC1S. The van der Waals surface area contributed by atoms with Crippen LogP contribution >= 0.6 is 12.6 Å². The Balaban J connectivity index is 2.52. The minimum Gasteiger partial charge on any atom is -0.469 e. The first kappa shape index (κ1) is 8.87. The lowest BCUT2D eigenvalue weighted by atomic mass is 10.1. The van der Waals surface area contributed by atoms with Gasteiger partial charge in [0.15, 0.2) is 0 Å². The highest BCUT2D eigenvalue weighted by atomic mass is 32.1. The van der Waals surface area contributed by atoms with E-state index in [0.29, 0.717) is 6.42 Å². The molecule has 0 heterocycles. The number of hydrogen-bond acceptors (Lipinski definition) is 4. The fourth-order valence-electron chi connectivity index (χ4n) is 1.46. The molecule has 0 aromatic rings. The molecule has 1 aliphatic carbocycles. The lowest BCUT2D eigenvalue weighted by Crippen LogP contribution is -2.21. The van der Waals surface area contributed by atoms with Gasteiger partial charge in [0.2, 0.25) is 0 Å². The van der Waals surface area contributed by atoms with E-state index in [4.69, 9.17) is 5.73 Å². The lowest BCUT2D eigenvalue weighted by molar-refractivity contribution is -0.144. The number of carbonyl (C=O) groups is 1. The smallest absolute Gasteiger partial charge is 0.309 e. The molecule has 0 aromatic heterocycles. The van der Waals surface area contributed by atoms with Crippen molar-refractivity contribution in [2.45, 2.75) is 24.1 Å². The molecule has 0 aliphatic heterocycles. The molecule has 0 radical (unpaired) electrons. The number of hydrogen-bond donors (Lipinski definition) is 2. The van der Waals surface area contributed by atoms with Crippen LogP contribution in [0.3, 0.4) is 0 Å². The highest BCUT2D eigenvalue weighted by molar-refractivity contribution is 7.81. The Bertz CT molecular complexity index is 163. The van der Waals surface area contributed by atoms with Crippen LogP contribution in [0.2, 0.25) is 0 Å². The second-order valence-electron chi connectivity index (χ2n) is 2.93. The molecule has 2 N–H and O–H groups in total. The number of carbonyl (C=O) groups excluding carboxylic acids is 1. The molecule has 64 valence electrons. The van der Waals surface area contributed by atoms with Crippen LogP contribution in [0, 0.1) is 5.92 Å². The Morgan fingerprint density at radius 1 is 1.64 bits per heavy atom. The Morgan fingerprint density at radius 2 is 2.27 bits per heavy atom. The standard InChI is InChI=1S/C7H13NO2S/c1-10-7(9)5-2-4(8)3-6(5)11/h4-6,11H,2-3,8H2,1H3. The van der Waals surface area contributed by atoms with Crippen LogP contribution in [-0.4, -0.2) is 24.4 Å². The van der Waals surface area contributed by atoms with Gasteiger partial charge in [-0.05, 0) is 12.8 Å². The van der Waals surface area contributed by atoms with Gasteiger partial charge < -0.3 is 10.5 Å². The van der Waals surface area contributed by atoms with Crippen molar-refractivity contribution in [3.8, 4) is 0 Å². The van der Waals surface area contributed by atoms with Crippen LogP contribution in [0.15, 0.2) is 0 Å². The predicted molar refractivity (Wildman–Crippen MR) is 45.5 cm³/mol. The van der Waals surface area contributed by atoms with E-state index in [2.05, 4.69) is 17.4 Å². The normalized spacial score (nSPS) is 37.2. The van der Waals surface area contributed by atoms with Crippen LogP contribution in [0.25, 0.3) is 0 Å². The summed E-state index contributed by atoms with van der Waals surface area (Å²) in [7, 11) is 1.40. The van der Waals surface area contributed by atoms with Crippen LogP contribution in [-0.2, 0) is 9.53 Å². The molecule has 0 spiro atoms. The Hall–Kier alpha value is -0.220. The minimum atomic E-state index is -0.182. The van der Waals surface area contributed by atoms with Crippen LogP contribution in [0.4, 0.5) is 0 Å². The third kappa shape index (κ3) is 1.87. The third-order valence-electron chi connectivity index (χ3n) is 2.07. The van der Waals surface area contributed by atoms with Crippen molar-refractivity contribution in [3.05, 3.63) is 0 Å². The maximum absolute atomic E-state index is 11.0. The largest absolute Gasteiger partial charge is 0.469 e. The van der Waals surface area contributed by atoms with E-state index < -0.39 is 0 Å². The van der Waals surface area contributed by atoms with Gasteiger partial charge in [-0.25, -0.2) is 0 Å². The number of rotatable bonds is 1. The number of nitrogens with two attached hydrogens (primary N) is 1. The molecule has 4 heteroatoms. The maximum atomic E-state index is 11.0. The van der Waals surface area contributed by atoms with E-state index in [1.165, 1.54) is 7.11 Å². The Morgan fingerprint density at radius 3 is 2.64 bits per heavy atom. The van der Waals surface area contributed by atoms with Crippen molar-refractivity contribution in [1.29, 1.82) is 0 Å². The second-order valence-corrected chi connectivity index (χ2v) is 3.59. The van der Waals surface area contributed by atoms with Gasteiger partial charge in [-0.3, -0.25) is 4.79 Å². The first-order chi connectivity index (χ1) is 5.15. The lowest BCUT2D eigenvalue weighted by Gasteiger charge is -2.10. The molecule has 1 rings (SSSR count). The molecular weight excluding hydrogens is 162 g/mol. The summed E-state index contributed by atoms with van der Waals surface area (Å²) in [6.07, 6.45) is 1.52. The maximum Gasteiger partial charge on any atom is 0.309 e. The zero-order chi connectivity index (χ0) is 8.43. The molecule has 0 saturated heterocycles. The quantitative estimate of drug-likeness (QED) is 0.442. The summed E-state index contributed by atoms with van der Waals surface area (Å²) in [5.74, 6) is -0.281. The molecule has 0 bridgehead atoms. The van der Waals surface area contributed by atoms with Gasteiger partial charge in [-0.2, -0.15) is 12.6 Å². The summed E-state index contributed by atoms with van der Waals surface area (Å²) in [6, 6.07) is 0.113. The van der Waals surface area contributed by atoms with Gasteiger partial charge >= 0.3 is 5.97 Å². The summed E-state index contributed by atoms with van der Waals surface area (Å²) < 4.78 is 4.61. The minimum absolute atomic E-state index is 0.0810. The molecule has 3 unspecified atom stereocenters. The Labute approximate surface area is 71.7 Å². The molecule has 3 atom stereocenters. The molecule has 3 nitrogen and oxygen atoms in total. The van der Waals surface area contributed by atoms with Crippen molar-refractivity contribution >= 4 is 18.6 Å². The number of ether oxygens (including phenoxy) is 1. The number of methoxy groups -OCH3 is 1. The van der Waals surface area contributed by atoms with Crippen molar-refractivity contribution in [2.75, 3.05) is 7.11 Å². The van der Waals surface area contributed by atoms with E-state index in [1.54, 1.807) is 0 Å². The zero-order valence-corrected chi connectivity index (χ0v) is 7.38. The van der Waals surface area contributed by atoms with Crippen molar-refractivity contribution in [3.63, 3.8) is 0 Å². The fourth-order valence-corrected chi connectivity index (χ4v) is 1.97. The van der Waals surface area contributed by atoms with Gasteiger partial charge in [0.1, 0.15) is 0 Å². The predicted octanol–water partition coefficient (Wildman–Crippen LogP) is 0.195. The number of thiol groups is 1. The fraction of sp³-hybridized carbons (Fsp3) is 0.857. The van der Waals surface area contributed by atoms with Gasteiger partial charge in [-0.15, -0.1) is 0 Å². The van der Waals surface area contributed by atoms with Gasteiger partial charge in [-0.1, -0.05) is 0 Å². The highest BCUT2D eigenvalue weighted by Gasteiger charge is 2.35. The molecule has 1 aliphatic rings. The van der Waals surface area contributed by atoms with E-state index in [9.17, 15) is 4.79 Å². The van der Waals surface area contributed by atoms with Crippen LogP contribution in [0.5, 0.6) is 0 Å². The summed E-state index contributed by atoms with van der Waals surface area (Å²) in [5.41, 5.74) is 5.65. The van der Waals surface area contributed by atoms with Crippen LogP contribution in [0.1, 0.15) is 12.8 Å². The summed E-state index contributed by atoms with van der Waals surface area (Å²) in [4.78, 5) is 11.0. The van der Waals surface area contributed by atoms with Crippen molar-refractivity contribution in [1.82, 2.24) is 0 Å². The van der Waals surface area contributed by atoms with Crippen LogP contribution < -0.4 is 5.73 Å². The first-order valence-corrected chi connectivity index (χ1v) is 4.18. The van der Waals surface area contributed by atoms with Gasteiger partial charge in [0.05, 0.1) is 13.0 Å². The molecule has 0 amide bonds. The van der Waals surface area contributed by atoms with Gasteiger partial charge in [0.25, 0.3) is 0 Å². The topological polar surface area (TPSA) is 52.3 Å². The van der Waals surface area contributed by atoms with Crippen molar-refractivity contribution in [2.24, 2.45) is 11.7 Å². The third-order valence-corrected chi connectivity index (χ3v) is 2.64. The zero-order valence-electron chi connectivity index (χ0n) is 6.49. The number of esters is 1. The first-order valence-electron chi connectivity index (χ1n) is 3.66. The van der Waals surface area contributed by atoms with E-state index in [-0.39, 0.29) is 23.2 Å². The summed E-state index contributed by atoms with van der Waals surface area (Å²) in [6.45, 7) is 0.